The third kappa shape index (κ3) is 3.01. The number of aromatic nitrogens is 3. The minimum Gasteiger partial charge on any atom is -0.337 e. The number of carbonyl (C=O) groups excluding carboxylic acids is 1. The van der Waals surface area contributed by atoms with Gasteiger partial charge in [0.2, 0.25) is 5.95 Å². The number of nitrogens with one attached hydrogen (secondary N) is 1. The zero-order valence-corrected chi connectivity index (χ0v) is 13.9. The van der Waals surface area contributed by atoms with Gasteiger partial charge in [0.05, 0.1) is 5.52 Å². The van der Waals surface area contributed by atoms with Crippen LogP contribution < -0.4 is 10.5 Å². The van der Waals surface area contributed by atoms with Crippen molar-refractivity contribution >= 4 is 22.8 Å². The molecule has 2 aromatic heterocycles. The molecule has 0 saturated carbocycles. The number of hydrogen-bond acceptors (Lipinski definition) is 5. The summed E-state index contributed by atoms with van der Waals surface area (Å²) in [6.45, 7) is 2.12. The maximum Gasteiger partial charge on any atom is 0.261 e. The maximum atomic E-state index is 13.3. The Hall–Kier alpha value is -3.29. The number of anilines is 1. The van der Waals surface area contributed by atoms with E-state index in [9.17, 15) is 14.0 Å². The summed E-state index contributed by atoms with van der Waals surface area (Å²) in [4.78, 5) is 39.7. The number of H-pyrrole nitrogens is 1. The van der Waals surface area contributed by atoms with Crippen LogP contribution in [0.15, 0.2) is 47.5 Å². The van der Waals surface area contributed by atoms with Gasteiger partial charge in [-0.2, -0.15) is 0 Å². The molecule has 132 valence electrons. The van der Waals surface area contributed by atoms with Crippen molar-refractivity contribution in [1.29, 1.82) is 0 Å². The fraction of sp³-hybridized carbons (Fsp3) is 0.222. The SMILES string of the molecule is O=C(c1cc2ccc(F)cc2[nH]c1=O)N1CCN(c2ncccn2)CC1. The number of piperazine rings is 1. The second kappa shape index (κ2) is 6.55. The first-order chi connectivity index (χ1) is 12.6. The molecule has 1 aromatic carbocycles. The molecule has 1 fully saturated rings. The van der Waals surface area contributed by atoms with Crippen molar-refractivity contribution in [3.05, 3.63) is 64.5 Å². The summed E-state index contributed by atoms with van der Waals surface area (Å²) in [6.07, 6.45) is 3.36. The van der Waals surface area contributed by atoms with Gasteiger partial charge in [-0.1, -0.05) is 0 Å². The van der Waals surface area contributed by atoms with Gasteiger partial charge in [-0.25, -0.2) is 14.4 Å². The van der Waals surface area contributed by atoms with Crippen molar-refractivity contribution < 1.29 is 9.18 Å². The van der Waals surface area contributed by atoms with Crippen LogP contribution in [0.3, 0.4) is 0 Å². The lowest BCUT2D eigenvalue weighted by atomic mass is 10.1. The zero-order valence-electron chi connectivity index (χ0n) is 13.9. The number of rotatable bonds is 2. The average Bonchev–Trinajstić information content (AvgIpc) is 2.68. The minimum absolute atomic E-state index is 0.0634. The molecule has 0 radical (unpaired) electrons. The highest BCUT2D eigenvalue weighted by Gasteiger charge is 2.25. The number of amides is 1. The van der Waals surface area contributed by atoms with Crippen LogP contribution in [0.5, 0.6) is 0 Å². The van der Waals surface area contributed by atoms with Crippen molar-refractivity contribution in [2.45, 2.75) is 0 Å². The van der Waals surface area contributed by atoms with Crippen LogP contribution >= 0.6 is 0 Å². The van der Waals surface area contributed by atoms with Gasteiger partial charge in [0.25, 0.3) is 11.5 Å². The first-order valence-electron chi connectivity index (χ1n) is 8.26. The Morgan fingerprint density at radius 2 is 1.81 bits per heavy atom. The molecule has 26 heavy (non-hydrogen) atoms. The van der Waals surface area contributed by atoms with Crippen LogP contribution in [0.4, 0.5) is 10.3 Å². The number of pyridine rings is 1. The summed E-state index contributed by atoms with van der Waals surface area (Å²) in [7, 11) is 0. The second-order valence-electron chi connectivity index (χ2n) is 6.07. The molecule has 1 saturated heterocycles. The molecule has 1 N–H and O–H groups in total. The zero-order chi connectivity index (χ0) is 18.1. The van der Waals surface area contributed by atoms with Gasteiger partial charge in [0.15, 0.2) is 0 Å². The van der Waals surface area contributed by atoms with Gasteiger partial charge in [-0.15, -0.1) is 0 Å². The number of halogens is 1. The molecule has 4 rings (SSSR count). The highest BCUT2D eigenvalue weighted by atomic mass is 19.1. The highest BCUT2D eigenvalue weighted by molar-refractivity contribution is 5.97. The standard InChI is InChI=1S/C18H16FN5O2/c19-13-3-2-12-10-14(16(25)22-15(12)11-13)17(26)23-6-8-24(9-7-23)18-20-4-1-5-21-18/h1-5,10-11H,6-9H2,(H,22,25). The monoisotopic (exact) mass is 353 g/mol. The predicted octanol–water partition coefficient (Wildman–Crippen LogP) is 1.42. The summed E-state index contributed by atoms with van der Waals surface area (Å²) in [5.41, 5.74) is -0.0759. The predicted molar refractivity (Wildman–Crippen MR) is 94.7 cm³/mol. The molecular weight excluding hydrogens is 337 g/mol. The maximum absolute atomic E-state index is 13.3. The summed E-state index contributed by atoms with van der Waals surface area (Å²) >= 11 is 0. The molecule has 8 heteroatoms. The first kappa shape index (κ1) is 16.2. The number of carbonyl (C=O) groups is 1. The molecular formula is C18H16FN5O2. The van der Waals surface area contributed by atoms with E-state index in [1.807, 2.05) is 4.90 Å². The van der Waals surface area contributed by atoms with Crippen LogP contribution in [0.25, 0.3) is 10.9 Å². The summed E-state index contributed by atoms with van der Waals surface area (Å²) in [6, 6.07) is 7.35. The first-order valence-corrected chi connectivity index (χ1v) is 8.26. The van der Waals surface area contributed by atoms with E-state index in [4.69, 9.17) is 0 Å². The number of nitrogens with zero attached hydrogens (tertiary/aromatic N) is 4. The van der Waals surface area contributed by atoms with Gasteiger partial charge in [0.1, 0.15) is 11.4 Å². The van der Waals surface area contributed by atoms with Crippen LogP contribution in [0, 0.1) is 5.82 Å². The van der Waals surface area contributed by atoms with Crippen LogP contribution in [-0.2, 0) is 0 Å². The molecule has 0 aliphatic carbocycles. The number of hydrogen-bond donors (Lipinski definition) is 1. The number of fused-ring (bicyclic) bond motifs is 1. The van der Waals surface area contributed by atoms with Crippen molar-refractivity contribution in [3.63, 3.8) is 0 Å². The summed E-state index contributed by atoms with van der Waals surface area (Å²) < 4.78 is 13.3. The number of benzene rings is 1. The van der Waals surface area contributed by atoms with E-state index in [1.54, 1.807) is 29.4 Å². The van der Waals surface area contributed by atoms with Crippen molar-refractivity contribution in [2.24, 2.45) is 0 Å². The number of aromatic amines is 1. The van der Waals surface area contributed by atoms with Crippen LogP contribution in [0.1, 0.15) is 10.4 Å². The lowest BCUT2D eigenvalue weighted by molar-refractivity contribution is 0.0744. The Morgan fingerprint density at radius 3 is 2.54 bits per heavy atom. The molecule has 0 atom stereocenters. The lowest BCUT2D eigenvalue weighted by Crippen LogP contribution is -2.50. The topological polar surface area (TPSA) is 82.2 Å². The van der Waals surface area contributed by atoms with E-state index < -0.39 is 11.4 Å². The van der Waals surface area contributed by atoms with E-state index in [-0.39, 0.29) is 11.5 Å². The van der Waals surface area contributed by atoms with E-state index in [0.717, 1.165) is 0 Å². The Balaban J connectivity index is 1.53. The van der Waals surface area contributed by atoms with Gasteiger partial charge >= 0.3 is 0 Å². The molecule has 1 aliphatic rings. The molecule has 0 unspecified atom stereocenters. The lowest BCUT2D eigenvalue weighted by Gasteiger charge is -2.34. The quantitative estimate of drug-likeness (QED) is 0.753. The fourth-order valence-electron chi connectivity index (χ4n) is 3.07. The van der Waals surface area contributed by atoms with Crippen LogP contribution in [0.2, 0.25) is 0 Å². The fourth-order valence-corrected chi connectivity index (χ4v) is 3.07. The molecule has 1 amide bonds. The Labute approximate surface area is 148 Å². The summed E-state index contributed by atoms with van der Waals surface area (Å²) in [5, 5.41) is 0.616. The van der Waals surface area contributed by atoms with Gasteiger partial charge < -0.3 is 14.8 Å². The Kier molecular flexibility index (Phi) is 4.08. The van der Waals surface area contributed by atoms with Crippen LogP contribution in [-0.4, -0.2) is 51.9 Å². The second-order valence-corrected chi connectivity index (χ2v) is 6.07. The molecule has 3 aromatic rings. The van der Waals surface area contributed by atoms with Gasteiger partial charge in [-0.3, -0.25) is 9.59 Å². The molecule has 1 aliphatic heterocycles. The Morgan fingerprint density at radius 1 is 1.08 bits per heavy atom. The van der Waals surface area contributed by atoms with E-state index in [0.29, 0.717) is 43.0 Å². The normalized spacial score (nSPS) is 14.7. The Bertz CT molecular complexity index is 1010. The van der Waals surface area contributed by atoms with Crippen molar-refractivity contribution in [2.75, 3.05) is 31.1 Å². The molecule has 3 heterocycles. The van der Waals surface area contributed by atoms with E-state index >= 15 is 0 Å². The van der Waals surface area contributed by atoms with Crippen molar-refractivity contribution in [1.82, 2.24) is 19.9 Å². The minimum atomic E-state index is -0.512. The van der Waals surface area contributed by atoms with E-state index in [1.165, 1.54) is 18.2 Å². The molecule has 7 nitrogen and oxygen atoms in total. The largest absolute Gasteiger partial charge is 0.337 e. The average molecular weight is 353 g/mol. The third-order valence-corrected chi connectivity index (χ3v) is 4.44. The highest BCUT2D eigenvalue weighted by Crippen LogP contribution is 2.15. The van der Waals surface area contributed by atoms with Crippen molar-refractivity contribution in [3.8, 4) is 0 Å². The molecule has 0 bridgehead atoms. The van der Waals surface area contributed by atoms with Gasteiger partial charge in [-0.05, 0) is 35.7 Å². The third-order valence-electron chi connectivity index (χ3n) is 4.44. The summed E-state index contributed by atoms with van der Waals surface area (Å²) in [5.74, 6) is -0.136. The smallest absolute Gasteiger partial charge is 0.261 e. The van der Waals surface area contributed by atoms with E-state index in [2.05, 4.69) is 15.0 Å². The van der Waals surface area contributed by atoms with Gasteiger partial charge in [0, 0.05) is 38.6 Å². The molecule has 0 spiro atoms.